The summed E-state index contributed by atoms with van der Waals surface area (Å²) in [5.41, 5.74) is 4.50. The van der Waals surface area contributed by atoms with Crippen LogP contribution in [0.1, 0.15) is 19.3 Å². The van der Waals surface area contributed by atoms with Crippen molar-refractivity contribution < 1.29 is 18.0 Å². The number of hydrogen-bond donors (Lipinski definition) is 2. The first-order chi connectivity index (χ1) is 8.21. The van der Waals surface area contributed by atoms with Crippen LogP contribution in [0.3, 0.4) is 0 Å². The SMILES string of the molecule is CNC(CN(C)CCC(F)(F)F)(C(N)=O)C1CC1. The van der Waals surface area contributed by atoms with Crippen LogP contribution in [-0.2, 0) is 4.79 Å². The molecule has 18 heavy (non-hydrogen) atoms. The average molecular weight is 267 g/mol. The molecule has 0 radical (unpaired) electrons. The highest BCUT2D eigenvalue weighted by Crippen LogP contribution is 2.40. The van der Waals surface area contributed by atoms with Crippen molar-refractivity contribution in [3.05, 3.63) is 0 Å². The summed E-state index contributed by atoms with van der Waals surface area (Å²) in [6.07, 6.45) is -3.29. The van der Waals surface area contributed by atoms with Crippen LogP contribution in [-0.4, -0.2) is 49.7 Å². The molecule has 1 rings (SSSR count). The van der Waals surface area contributed by atoms with Gasteiger partial charge in [-0.25, -0.2) is 0 Å². The number of primary amides is 1. The second-order valence-corrected chi connectivity index (χ2v) is 4.96. The highest BCUT2D eigenvalue weighted by atomic mass is 19.4. The van der Waals surface area contributed by atoms with Crippen LogP contribution in [0.2, 0.25) is 0 Å². The summed E-state index contributed by atoms with van der Waals surface area (Å²) in [4.78, 5) is 13.1. The fourth-order valence-electron chi connectivity index (χ4n) is 2.21. The number of carbonyl (C=O) groups excluding carboxylic acids is 1. The lowest BCUT2D eigenvalue weighted by atomic mass is 9.91. The van der Waals surface area contributed by atoms with Gasteiger partial charge in [-0.3, -0.25) is 4.79 Å². The maximum Gasteiger partial charge on any atom is 0.390 e. The molecule has 0 aromatic heterocycles. The number of nitrogens with one attached hydrogen (secondary N) is 1. The summed E-state index contributed by atoms with van der Waals surface area (Å²) in [7, 11) is 3.20. The third-order valence-electron chi connectivity index (χ3n) is 3.46. The highest BCUT2D eigenvalue weighted by molar-refractivity contribution is 5.85. The van der Waals surface area contributed by atoms with E-state index in [0.29, 0.717) is 0 Å². The fraction of sp³-hybridized carbons (Fsp3) is 0.909. The van der Waals surface area contributed by atoms with Crippen LogP contribution in [0.15, 0.2) is 0 Å². The number of rotatable bonds is 7. The minimum absolute atomic E-state index is 0.132. The summed E-state index contributed by atoms with van der Waals surface area (Å²) in [6, 6.07) is 0. The van der Waals surface area contributed by atoms with Crippen LogP contribution in [0.25, 0.3) is 0 Å². The lowest BCUT2D eigenvalue weighted by Crippen LogP contribution is -2.61. The van der Waals surface area contributed by atoms with Crippen LogP contribution < -0.4 is 11.1 Å². The van der Waals surface area contributed by atoms with Crippen LogP contribution in [0.4, 0.5) is 13.2 Å². The van der Waals surface area contributed by atoms with Crippen molar-refractivity contribution in [1.29, 1.82) is 0 Å². The third-order valence-corrected chi connectivity index (χ3v) is 3.46. The molecule has 106 valence electrons. The van der Waals surface area contributed by atoms with Gasteiger partial charge in [0.15, 0.2) is 0 Å². The van der Waals surface area contributed by atoms with Crippen LogP contribution in [0.5, 0.6) is 0 Å². The van der Waals surface area contributed by atoms with Gasteiger partial charge >= 0.3 is 6.18 Å². The number of hydrogen-bond acceptors (Lipinski definition) is 3. The Bertz CT molecular complexity index is 304. The predicted molar refractivity (Wildman–Crippen MR) is 61.9 cm³/mol. The van der Waals surface area contributed by atoms with Gasteiger partial charge < -0.3 is 16.0 Å². The number of nitrogens with two attached hydrogens (primary N) is 1. The number of amides is 1. The number of alkyl halides is 3. The van der Waals surface area contributed by atoms with Crippen LogP contribution in [0, 0.1) is 5.92 Å². The van der Waals surface area contributed by atoms with Gasteiger partial charge in [-0.1, -0.05) is 0 Å². The second-order valence-electron chi connectivity index (χ2n) is 4.96. The summed E-state index contributed by atoms with van der Waals surface area (Å²) in [5, 5.41) is 2.91. The molecule has 1 aliphatic carbocycles. The summed E-state index contributed by atoms with van der Waals surface area (Å²) < 4.78 is 36.4. The quantitative estimate of drug-likeness (QED) is 0.715. The van der Waals surface area contributed by atoms with E-state index in [1.807, 2.05) is 0 Å². The van der Waals surface area contributed by atoms with E-state index >= 15 is 0 Å². The summed E-state index contributed by atoms with van der Waals surface area (Å²) in [6.45, 7) is 0.0759. The predicted octanol–water partition coefficient (Wildman–Crippen LogP) is 0.724. The Hall–Kier alpha value is -0.820. The molecular formula is C11H20F3N3O. The van der Waals surface area contributed by atoms with Crippen molar-refractivity contribution in [3.63, 3.8) is 0 Å². The smallest absolute Gasteiger partial charge is 0.368 e. The Labute approximate surface area is 105 Å². The summed E-state index contributed by atoms with van der Waals surface area (Å²) >= 11 is 0. The molecule has 1 aliphatic rings. The zero-order chi connectivity index (χ0) is 14.0. The number of nitrogens with zero attached hydrogens (tertiary/aromatic N) is 1. The lowest BCUT2D eigenvalue weighted by Gasteiger charge is -2.34. The monoisotopic (exact) mass is 267 g/mol. The van der Waals surface area contributed by atoms with E-state index in [2.05, 4.69) is 5.32 Å². The maximum atomic E-state index is 12.1. The average Bonchev–Trinajstić information content (AvgIpc) is 3.05. The highest BCUT2D eigenvalue weighted by Gasteiger charge is 2.49. The van der Waals surface area contributed by atoms with Crippen molar-refractivity contribution >= 4 is 5.91 Å². The molecular weight excluding hydrogens is 247 g/mol. The first-order valence-corrected chi connectivity index (χ1v) is 5.95. The van der Waals surface area contributed by atoms with Gasteiger partial charge in [0.05, 0.1) is 6.42 Å². The molecule has 0 aliphatic heterocycles. The molecule has 0 spiro atoms. The molecule has 4 nitrogen and oxygen atoms in total. The standard InChI is InChI=1S/C11H20F3N3O/c1-16-10(9(15)18,8-3-4-8)7-17(2)6-5-11(12,13)14/h8,16H,3-7H2,1-2H3,(H2,15,18). The topological polar surface area (TPSA) is 58.4 Å². The van der Waals surface area contributed by atoms with E-state index < -0.39 is 24.0 Å². The molecule has 0 heterocycles. The Morgan fingerprint density at radius 3 is 2.33 bits per heavy atom. The van der Waals surface area contributed by atoms with Crippen molar-refractivity contribution in [1.82, 2.24) is 10.2 Å². The molecule has 0 bridgehead atoms. The van der Waals surface area contributed by atoms with Crippen molar-refractivity contribution in [2.45, 2.75) is 31.0 Å². The molecule has 3 N–H and O–H groups in total. The van der Waals surface area contributed by atoms with E-state index in [1.54, 1.807) is 14.1 Å². The van der Waals surface area contributed by atoms with E-state index in [4.69, 9.17) is 5.73 Å². The van der Waals surface area contributed by atoms with E-state index in [9.17, 15) is 18.0 Å². The summed E-state index contributed by atoms with van der Waals surface area (Å²) in [5.74, 6) is -0.361. The normalized spacial score (nSPS) is 19.9. The van der Waals surface area contributed by atoms with Gasteiger partial charge in [-0.2, -0.15) is 13.2 Å². The van der Waals surface area contributed by atoms with Crippen molar-refractivity contribution in [3.8, 4) is 0 Å². The first kappa shape index (κ1) is 15.2. The lowest BCUT2D eigenvalue weighted by molar-refractivity contribution is -0.138. The van der Waals surface area contributed by atoms with Gasteiger partial charge in [0, 0.05) is 13.1 Å². The van der Waals surface area contributed by atoms with Crippen molar-refractivity contribution in [2.24, 2.45) is 11.7 Å². The molecule has 1 fully saturated rings. The Kier molecular flexibility index (Phi) is 4.61. The largest absolute Gasteiger partial charge is 0.390 e. The van der Waals surface area contributed by atoms with E-state index in [1.165, 1.54) is 4.90 Å². The van der Waals surface area contributed by atoms with Gasteiger partial charge in [0.2, 0.25) is 5.91 Å². The molecule has 1 atom stereocenters. The third kappa shape index (κ3) is 3.84. The van der Waals surface area contributed by atoms with Crippen molar-refractivity contribution in [2.75, 3.05) is 27.2 Å². The van der Waals surface area contributed by atoms with Gasteiger partial charge in [-0.15, -0.1) is 0 Å². The molecule has 0 aromatic rings. The minimum Gasteiger partial charge on any atom is -0.368 e. The van der Waals surface area contributed by atoms with Crippen LogP contribution >= 0.6 is 0 Å². The number of carbonyl (C=O) groups is 1. The van der Waals surface area contributed by atoms with E-state index in [-0.39, 0.29) is 19.0 Å². The molecule has 7 heteroatoms. The zero-order valence-corrected chi connectivity index (χ0v) is 10.7. The molecule has 1 amide bonds. The number of likely N-dealkylation sites (N-methyl/N-ethyl adjacent to an activating group) is 2. The maximum absolute atomic E-state index is 12.1. The van der Waals surface area contributed by atoms with Gasteiger partial charge in [-0.05, 0) is 32.9 Å². The first-order valence-electron chi connectivity index (χ1n) is 5.95. The Balaban J connectivity index is 2.58. The second kappa shape index (κ2) is 5.44. The molecule has 1 saturated carbocycles. The Morgan fingerprint density at radius 2 is 2.00 bits per heavy atom. The Morgan fingerprint density at radius 1 is 1.44 bits per heavy atom. The molecule has 0 aromatic carbocycles. The zero-order valence-electron chi connectivity index (χ0n) is 10.7. The van der Waals surface area contributed by atoms with Gasteiger partial charge in [0.1, 0.15) is 5.54 Å². The minimum atomic E-state index is -4.18. The van der Waals surface area contributed by atoms with E-state index in [0.717, 1.165) is 12.8 Å². The fourth-order valence-corrected chi connectivity index (χ4v) is 2.21. The molecule has 0 saturated heterocycles. The number of halogens is 3. The molecule has 1 unspecified atom stereocenters. The van der Waals surface area contributed by atoms with Gasteiger partial charge in [0.25, 0.3) is 0 Å².